The van der Waals surface area contributed by atoms with Crippen molar-refractivity contribution in [2.45, 2.75) is 19.4 Å². The van der Waals surface area contributed by atoms with E-state index in [9.17, 15) is 5.11 Å². The first-order valence-electron chi connectivity index (χ1n) is 4.75. The van der Waals surface area contributed by atoms with Crippen molar-refractivity contribution in [1.29, 1.82) is 0 Å². The van der Waals surface area contributed by atoms with E-state index in [2.05, 4.69) is 20.9 Å². The summed E-state index contributed by atoms with van der Waals surface area (Å²) < 4.78 is 1.03. The van der Waals surface area contributed by atoms with Crippen molar-refractivity contribution in [3.63, 3.8) is 0 Å². The van der Waals surface area contributed by atoms with Crippen molar-refractivity contribution < 1.29 is 5.11 Å². The minimum Gasteiger partial charge on any atom is -0.384 e. The summed E-state index contributed by atoms with van der Waals surface area (Å²) in [6, 6.07) is 7.92. The van der Waals surface area contributed by atoms with Gasteiger partial charge in [0.2, 0.25) is 0 Å². The van der Waals surface area contributed by atoms with Gasteiger partial charge in [-0.3, -0.25) is 4.98 Å². The molecule has 0 radical (unpaired) electrons. The van der Waals surface area contributed by atoms with E-state index in [4.69, 9.17) is 0 Å². The number of hydrogen-bond acceptors (Lipinski definition) is 2. The van der Waals surface area contributed by atoms with Crippen LogP contribution in [0, 0.1) is 0 Å². The number of hydrogen-bond donors (Lipinski definition) is 1. The molecule has 0 spiro atoms. The van der Waals surface area contributed by atoms with Crippen LogP contribution in [0.3, 0.4) is 0 Å². The number of aromatic nitrogens is 1. The number of fused-ring (bicyclic) bond motifs is 1. The van der Waals surface area contributed by atoms with E-state index in [1.54, 1.807) is 20.0 Å². The van der Waals surface area contributed by atoms with Gasteiger partial charge in [-0.25, -0.2) is 0 Å². The molecule has 0 atom stereocenters. The Morgan fingerprint density at radius 1 is 1.20 bits per heavy atom. The third kappa shape index (κ3) is 2.19. The zero-order valence-electron chi connectivity index (χ0n) is 8.66. The highest BCUT2D eigenvalue weighted by Crippen LogP contribution is 2.24. The molecule has 2 nitrogen and oxygen atoms in total. The number of pyridine rings is 1. The standard InChI is InChI=1S/C12H12BrNO/c1-12(2,15)11-6-9-5-10(13)4-3-8(9)7-14-11/h3-7,15H,1-2H3. The minimum absolute atomic E-state index is 0.688. The molecule has 2 rings (SSSR count). The first-order chi connectivity index (χ1) is 6.97. The van der Waals surface area contributed by atoms with Gasteiger partial charge in [-0.15, -0.1) is 0 Å². The number of halogens is 1. The van der Waals surface area contributed by atoms with Crippen LogP contribution in [0.2, 0.25) is 0 Å². The maximum absolute atomic E-state index is 9.84. The van der Waals surface area contributed by atoms with E-state index in [-0.39, 0.29) is 0 Å². The van der Waals surface area contributed by atoms with E-state index in [1.807, 2.05) is 24.3 Å². The van der Waals surface area contributed by atoms with Gasteiger partial charge in [-0.1, -0.05) is 22.0 Å². The predicted molar refractivity (Wildman–Crippen MR) is 64.7 cm³/mol. The first kappa shape index (κ1) is 10.6. The van der Waals surface area contributed by atoms with Gasteiger partial charge < -0.3 is 5.11 Å². The average Bonchev–Trinajstić information content (AvgIpc) is 2.15. The van der Waals surface area contributed by atoms with Gasteiger partial charge in [-0.2, -0.15) is 0 Å². The maximum atomic E-state index is 9.84. The molecule has 0 saturated carbocycles. The van der Waals surface area contributed by atoms with Crippen molar-refractivity contribution >= 4 is 26.7 Å². The lowest BCUT2D eigenvalue weighted by atomic mass is 10.0. The fourth-order valence-corrected chi connectivity index (χ4v) is 1.83. The Bertz CT molecular complexity index is 502. The highest BCUT2D eigenvalue weighted by atomic mass is 79.9. The molecular weight excluding hydrogens is 254 g/mol. The summed E-state index contributed by atoms with van der Waals surface area (Å²) in [6.07, 6.45) is 1.79. The Morgan fingerprint density at radius 3 is 2.60 bits per heavy atom. The van der Waals surface area contributed by atoms with Crippen LogP contribution in [0.1, 0.15) is 19.5 Å². The van der Waals surface area contributed by atoms with Crippen LogP contribution in [-0.2, 0) is 5.60 Å². The lowest BCUT2D eigenvalue weighted by Crippen LogP contribution is -2.17. The topological polar surface area (TPSA) is 33.1 Å². The molecule has 0 aliphatic heterocycles. The summed E-state index contributed by atoms with van der Waals surface area (Å²) in [5.41, 5.74) is -0.204. The first-order valence-corrected chi connectivity index (χ1v) is 5.54. The number of nitrogens with zero attached hydrogens (tertiary/aromatic N) is 1. The lowest BCUT2D eigenvalue weighted by molar-refractivity contribution is 0.0740. The quantitative estimate of drug-likeness (QED) is 0.859. The van der Waals surface area contributed by atoms with Crippen molar-refractivity contribution in [1.82, 2.24) is 4.98 Å². The third-order valence-electron chi connectivity index (χ3n) is 2.31. The van der Waals surface area contributed by atoms with Crippen LogP contribution in [0.25, 0.3) is 10.8 Å². The molecule has 0 bridgehead atoms. The summed E-state index contributed by atoms with van der Waals surface area (Å²) in [6.45, 7) is 3.47. The van der Waals surface area contributed by atoms with E-state index >= 15 is 0 Å². The largest absolute Gasteiger partial charge is 0.384 e. The van der Waals surface area contributed by atoms with Gasteiger partial charge in [0.15, 0.2) is 0 Å². The minimum atomic E-state index is -0.892. The van der Waals surface area contributed by atoms with Gasteiger partial charge in [0.25, 0.3) is 0 Å². The van der Waals surface area contributed by atoms with Gasteiger partial charge in [0, 0.05) is 16.1 Å². The molecule has 1 aromatic heterocycles. The molecule has 0 aliphatic rings. The molecule has 15 heavy (non-hydrogen) atoms. The molecule has 0 saturated heterocycles. The summed E-state index contributed by atoms with van der Waals surface area (Å²) in [4.78, 5) is 4.24. The second-order valence-electron chi connectivity index (χ2n) is 4.12. The monoisotopic (exact) mass is 265 g/mol. The highest BCUT2D eigenvalue weighted by molar-refractivity contribution is 9.10. The Kier molecular flexibility index (Phi) is 2.52. The molecule has 0 fully saturated rings. The molecule has 0 aliphatic carbocycles. The van der Waals surface area contributed by atoms with E-state index in [0.717, 1.165) is 15.2 Å². The Labute approximate surface area is 97.1 Å². The van der Waals surface area contributed by atoms with E-state index < -0.39 is 5.60 Å². The lowest BCUT2D eigenvalue weighted by Gasteiger charge is -2.16. The van der Waals surface area contributed by atoms with Crippen LogP contribution < -0.4 is 0 Å². The molecule has 2 aromatic rings. The molecule has 1 aromatic carbocycles. The van der Waals surface area contributed by atoms with Gasteiger partial charge >= 0.3 is 0 Å². The Morgan fingerprint density at radius 2 is 1.93 bits per heavy atom. The van der Waals surface area contributed by atoms with E-state index in [0.29, 0.717) is 5.69 Å². The molecule has 3 heteroatoms. The molecule has 78 valence electrons. The van der Waals surface area contributed by atoms with Gasteiger partial charge in [-0.05, 0) is 37.4 Å². The molecule has 1 N–H and O–H groups in total. The summed E-state index contributed by atoms with van der Waals surface area (Å²) in [5.74, 6) is 0. The normalized spacial score (nSPS) is 12.0. The van der Waals surface area contributed by atoms with E-state index in [1.165, 1.54) is 0 Å². The SMILES string of the molecule is CC(C)(O)c1cc2cc(Br)ccc2cn1. The van der Waals surface area contributed by atoms with Crippen molar-refractivity contribution in [2.75, 3.05) is 0 Å². The van der Waals surface area contributed by atoms with Crippen molar-refractivity contribution in [2.24, 2.45) is 0 Å². The zero-order chi connectivity index (χ0) is 11.1. The fraction of sp³-hybridized carbons (Fsp3) is 0.250. The third-order valence-corrected chi connectivity index (χ3v) is 2.80. The van der Waals surface area contributed by atoms with Crippen LogP contribution in [0.4, 0.5) is 0 Å². The smallest absolute Gasteiger partial charge is 0.101 e. The van der Waals surface area contributed by atoms with Crippen LogP contribution in [-0.4, -0.2) is 10.1 Å². The second kappa shape index (κ2) is 3.58. The zero-order valence-corrected chi connectivity index (χ0v) is 10.2. The average molecular weight is 266 g/mol. The highest BCUT2D eigenvalue weighted by Gasteiger charge is 2.17. The number of benzene rings is 1. The molecular formula is C12H12BrNO. The number of rotatable bonds is 1. The second-order valence-corrected chi connectivity index (χ2v) is 5.04. The maximum Gasteiger partial charge on any atom is 0.101 e. The van der Waals surface area contributed by atoms with Crippen LogP contribution >= 0.6 is 15.9 Å². The Hall–Kier alpha value is -0.930. The van der Waals surface area contributed by atoms with Crippen molar-refractivity contribution in [3.8, 4) is 0 Å². The summed E-state index contributed by atoms with van der Waals surface area (Å²) >= 11 is 3.42. The van der Waals surface area contributed by atoms with Gasteiger partial charge in [0.05, 0.1) is 5.69 Å². The molecule has 0 unspecified atom stereocenters. The fourth-order valence-electron chi connectivity index (χ4n) is 1.45. The van der Waals surface area contributed by atoms with Gasteiger partial charge in [0.1, 0.15) is 5.60 Å². The molecule has 1 heterocycles. The van der Waals surface area contributed by atoms with Crippen LogP contribution in [0.15, 0.2) is 34.9 Å². The predicted octanol–water partition coefficient (Wildman–Crippen LogP) is 3.22. The summed E-state index contributed by atoms with van der Waals surface area (Å²) in [5, 5.41) is 12.0. The van der Waals surface area contributed by atoms with Crippen LogP contribution in [0.5, 0.6) is 0 Å². The number of aliphatic hydroxyl groups is 1. The Balaban J connectivity index is 2.64. The van der Waals surface area contributed by atoms with Crippen molar-refractivity contribution in [3.05, 3.63) is 40.6 Å². The molecule has 0 amide bonds. The summed E-state index contributed by atoms with van der Waals surface area (Å²) in [7, 11) is 0.